The lowest BCUT2D eigenvalue weighted by Crippen LogP contribution is -2.64. The summed E-state index contributed by atoms with van der Waals surface area (Å²) in [6, 6.07) is 0. The smallest absolute Gasteiger partial charge is 0.303 e. The summed E-state index contributed by atoms with van der Waals surface area (Å²) in [6.07, 6.45) is -12.5. The number of hydrogen-bond donors (Lipinski definition) is 5. The Balaban J connectivity index is 2.27. The number of ether oxygens (including phenoxy) is 5. The lowest BCUT2D eigenvalue weighted by Gasteiger charge is -2.46. The zero-order valence-corrected chi connectivity index (χ0v) is 16.3. The average Bonchev–Trinajstić information content (AvgIpc) is 2.65. The van der Waals surface area contributed by atoms with E-state index in [9.17, 15) is 35.1 Å². The molecule has 2 saturated heterocycles. The molecule has 5 N–H and O–H groups in total. The normalized spacial score (nSPS) is 42.9. The second-order valence-corrected chi connectivity index (χ2v) is 7.06. The van der Waals surface area contributed by atoms with Crippen LogP contribution < -0.4 is 0 Å². The van der Waals surface area contributed by atoms with Crippen LogP contribution in [0.25, 0.3) is 0 Å². The molecule has 168 valence electrons. The zero-order chi connectivity index (χ0) is 21.9. The molecule has 0 bridgehead atoms. The van der Waals surface area contributed by atoms with Crippen molar-refractivity contribution in [1.29, 1.82) is 0 Å². The van der Waals surface area contributed by atoms with Gasteiger partial charge in [-0.2, -0.15) is 0 Å². The second kappa shape index (κ2) is 10.1. The number of aliphatic hydroxyl groups is 5. The third-order valence-corrected chi connectivity index (χ3v) is 4.92. The molecule has 0 aromatic carbocycles. The number of esters is 2. The fourth-order valence-electron chi connectivity index (χ4n) is 3.45. The molecule has 2 heterocycles. The van der Waals surface area contributed by atoms with Crippen molar-refractivity contribution >= 4 is 11.9 Å². The Morgan fingerprint density at radius 3 is 1.90 bits per heavy atom. The van der Waals surface area contributed by atoms with Crippen LogP contribution in [0.3, 0.4) is 0 Å². The van der Waals surface area contributed by atoms with Crippen LogP contribution in [0, 0.1) is 5.92 Å². The Bertz CT molecular complexity index is 571. The van der Waals surface area contributed by atoms with E-state index in [4.69, 9.17) is 23.7 Å². The zero-order valence-electron chi connectivity index (χ0n) is 16.3. The maximum atomic E-state index is 11.4. The highest BCUT2D eigenvalue weighted by Crippen LogP contribution is 2.33. The fourth-order valence-corrected chi connectivity index (χ4v) is 3.45. The predicted octanol–water partition coefficient (Wildman–Crippen LogP) is -2.98. The Morgan fingerprint density at radius 2 is 1.38 bits per heavy atom. The maximum Gasteiger partial charge on any atom is 0.303 e. The van der Waals surface area contributed by atoms with E-state index >= 15 is 0 Å². The lowest BCUT2D eigenvalue weighted by atomic mass is 9.90. The van der Waals surface area contributed by atoms with Gasteiger partial charge in [0.1, 0.15) is 30.5 Å². The molecule has 12 heteroatoms. The summed E-state index contributed by atoms with van der Waals surface area (Å²) >= 11 is 0. The van der Waals surface area contributed by atoms with E-state index in [1.165, 1.54) is 0 Å². The van der Waals surface area contributed by atoms with Crippen LogP contribution in [0.2, 0.25) is 0 Å². The molecule has 2 aliphatic rings. The highest BCUT2D eigenvalue weighted by atomic mass is 16.7. The summed E-state index contributed by atoms with van der Waals surface area (Å²) in [5.41, 5.74) is 0. The van der Waals surface area contributed by atoms with Crippen molar-refractivity contribution in [3.8, 4) is 0 Å². The molecule has 10 atom stereocenters. The minimum absolute atomic E-state index is 0.467. The summed E-state index contributed by atoms with van der Waals surface area (Å²) in [7, 11) is 0. The van der Waals surface area contributed by atoms with Crippen LogP contribution in [0.4, 0.5) is 0 Å². The van der Waals surface area contributed by atoms with Gasteiger partial charge in [-0.1, -0.05) is 6.92 Å². The van der Waals surface area contributed by atoms with Gasteiger partial charge >= 0.3 is 11.9 Å². The van der Waals surface area contributed by atoms with E-state index < -0.39 is 86.4 Å². The van der Waals surface area contributed by atoms with Gasteiger partial charge in [-0.25, -0.2) is 0 Å². The van der Waals surface area contributed by atoms with Crippen LogP contribution in [0.15, 0.2) is 0 Å². The first-order valence-corrected chi connectivity index (χ1v) is 9.17. The summed E-state index contributed by atoms with van der Waals surface area (Å²) < 4.78 is 26.5. The number of carbonyl (C=O) groups excluding carboxylic acids is 2. The summed E-state index contributed by atoms with van der Waals surface area (Å²) in [5.74, 6) is -2.03. The quantitative estimate of drug-likeness (QED) is 0.273. The number of aliphatic hydroxyl groups excluding tert-OH is 5. The van der Waals surface area contributed by atoms with Crippen molar-refractivity contribution in [3.63, 3.8) is 0 Å². The van der Waals surface area contributed by atoms with Gasteiger partial charge in [-0.3, -0.25) is 9.59 Å². The third kappa shape index (κ3) is 5.41. The van der Waals surface area contributed by atoms with Gasteiger partial charge in [0.05, 0.1) is 19.3 Å². The van der Waals surface area contributed by atoms with Crippen molar-refractivity contribution < 1.29 is 58.8 Å². The molecule has 0 aromatic rings. The van der Waals surface area contributed by atoms with Crippen LogP contribution in [0.1, 0.15) is 20.8 Å². The number of carbonyl (C=O) groups is 2. The highest BCUT2D eigenvalue weighted by molar-refractivity contribution is 5.66. The Hall–Kier alpha value is -1.38. The van der Waals surface area contributed by atoms with Crippen LogP contribution in [-0.2, 0) is 33.3 Å². The molecule has 0 amide bonds. The largest absolute Gasteiger partial charge is 0.459 e. The Labute approximate surface area is 166 Å². The first kappa shape index (κ1) is 23.9. The summed E-state index contributed by atoms with van der Waals surface area (Å²) in [4.78, 5) is 22.8. The van der Waals surface area contributed by atoms with E-state index in [0.717, 1.165) is 13.8 Å². The molecule has 29 heavy (non-hydrogen) atoms. The molecule has 2 rings (SSSR count). The molecule has 0 radical (unpaired) electrons. The van der Waals surface area contributed by atoms with Gasteiger partial charge in [0.2, 0.25) is 0 Å². The van der Waals surface area contributed by atoms with Gasteiger partial charge in [0.25, 0.3) is 0 Å². The second-order valence-electron chi connectivity index (χ2n) is 7.06. The molecule has 0 aromatic heterocycles. The minimum atomic E-state index is -1.76. The summed E-state index contributed by atoms with van der Waals surface area (Å²) in [6.45, 7) is 2.69. The molecule has 12 nitrogen and oxygen atoms in total. The topological polar surface area (TPSA) is 181 Å². The maximum absolute atomic E-state index is 11.4. The van der Waals surface area contributed by atoms with Gasteiger partial charge in [0.15, 0.2) is 18.7 Å². The van der Waals surface area contributed by atoms with Gasteiger partial charge in [-0.15, -0.1) is 0 Å². The van der Waals surface area contributed by atoms with Crippen molar-refractivity contribution in [2.24, 2.45) is 5.92 Å². The predicted molar refractivity (Wildman–Crippen MR) is 90.9 cm³/mol. The molecular formula is C17H28O12. The first-order chi connectivity index (χ1) is 13.6. The lowest BCUT2D eigenvalue weighted by molar-refractivity contribution is -0.351. The van der Waals surface area contributed by atoms with Crippen molar-refractivity contribution in [1.82, 2.24) is 0 Å². The van der Waals surface area contributed by atoms with E-state index in [1.807, 2.05) is 0 Å². The van der Waals surface area contributed by atoms with Crippen molar-refractivity contribution in [3.05, 3.63) is 0 Å². The van der Waals surface area contributed by atoms with Crippen LogP contribution in [-0.4, -0.2) is 106 Å². The molecule has 2 fully saturated rings. The summed E-state index contributed by atoms with van der Waals surface area (Å²) in [5, 5.41) is 49.7. The van der Waals surface area contributed by atoms with E-state index in [0.29, 0.717) is 0 Å². The highest BCUT2D eigenvalue weighted by Gasteiger charge is 2.52. The molecule has 7 unspecified atom stereocenters. The minimum Gasteiger partial charge on any atom is -0.459 e. The van der Waals surface area contributed by atoms with Gasteiger partial charge < -0.3 is 49.2 Å². The number of rotatable bonds is 6. The SMILES string of the molecule is CC(=O)OC1C(C)C(CO)O[C@@H](O[C@@H]2C(CO)O[C@@H](O)C(O)C2OC(C)=O)C1O. The number of hydrogen-bond acceptors (Lipinski definition) is 12. The van der Waals surface area contributed by atoms with E-state index in [-0.39, 0.29) is 0 Å². The Morgan fingerprint density at radius 1 is 0.828 bits per heavy atom. The molecule has 0 saturated carbocycles. The molecule has 2 aliphatic heterocycles. The average molecular weight is 424 g/mol. The third-order valence-electron chi connectivity index (χ3n) is 4.92. The molecule has 0 aliphatic carbocycles. The van der Waals surface area contributed by atoms with E-state index in [1.54, 1.807) is 6.92 Å². The monoisotopic (exact) mass is 424 g/mol. The fraction of sp³-hybridized carbons (Fsp3) is 0.882. The van der Waals surface area contributed by atoms with Crippen molar-refractivity contribution in [2.45, 2.75) is 76.1 Å². The molecular weight excluding hydrogens is 396 g/mol. The van der Waals surface area contributed by atoms with Crippen LogP contribution >= 0.6 is 0 Å². The molecule has 0 spiro atoms. The standard InChI is InChI=1S/C17H28O12/c1-6-9(4-18)28-17(12(23)13(6)25-7(2)20)29-14-10(5-19)27-16(24)11(22)15(14)26-8(3)21/h6,9-19,22-24H,4-5H2,1-3H3/t6?,9?,10?,11?,12?,13?,14-,15?,16-,17+/m1/s1. The van der Waals surface area contributed by atoms with Crippen LogP contribution in [0.5, 0.6) is 0 Å². The Kier molecular flexibility index (Phi) is 8.31. The van der Waals surface area contributed by atoms with Gasteiger partial charge in [0, 0.05) is 19.8 Å². The van der Waals surface area contributed by atoms with Crippen molar-refractivity contribution in [2.75, 3.05) is 13.2 Å². The van der Waals surface area contributed by atoms with Gasteiger partial charge in [-0.05, 0) is 0 Å². The first-order valence-electron chi connectivity index (χ1n) is 9.17. The van der Waals surface area contributed by atoms with E-state index in [2.05, 4.69) is 0 Å².